The quantitative estimate of drug-likeness (QED) is 0.293. The van der Waals surface area contributed by atoms with Crippen LogP contribution >= 0.6 is 15.9 Å². The maximum absolute atomic E-state index is 14.5. The lowest BCUT2D eigenvalue weighted by Gasteiger charge is -2.40. The fraction of sp³-hybridized carbons (Fsp3) is 0.567. The smallest absolute Gasteiger partial charge is 0.248 e. The lowest BCUT2D eigenvalue weighted by atomic mass is 9.70. The van der Waals surface area contributed by atoms with Gasteiger partial charge in [0.2, 0.25) is 17.7 Å². The number of carbonyl (C=O) groups excluding carboxylic acids is 3. The molecule has 1 N–H and O–H groups in total. The molecule has 3 heterocycles. The summed E-state index contributed by atoms with van der Waals surface area (Å²) in [5.74, 6) is -2.33. The first-order valence-electron chi connectivity index (χ1n) is 13.8. The number of nitrogens with zero attached hydrogens (tertiary/aromatic N) is 3. The van der Waals surface area contributed by atoms with Crippen molar-refractivity contribution in [1.29, 1.82) is 0 Å². The number of ether oxygens (including phenoxy) is 1. The second-order valence-electron chi connectivity index (χ2n) is 11.0. The fourth-order valence-corrected chi connectivity index (χ4v) is 7.72. The molecule has 1 aromatic carbocycles. The zero-order valence-corrected chi connectivity index (χ0v) is 24.6. The summed E-state index contributed by atoms with van der Waals surface area (Å²) in [4.78, 5) is 47.7. The number of amides is 3. The number of rotatable bonds is 12. The van der Waals surface area contributed by atoms with Gasteiger partial charge in [-0.25, -0.2) is 0 Å². The maximum Gasteiger partial charge on any atom is 0.248 e. The predicted molar refractivity (Wildman–Crippen MR) is 153 cm³/mol. The van der Waals surface area contributed by atoms with Crippen LogP contribution in [0.15, 0.2) is 55.6 Å². The number of halogens is 1. The van der Waals surface area contributed by atoms with E-state index in [0.29, 0.717) is 26.1 Å². The van der Waals surface area contributed by atoms with E-state index >= 15 is 0 Å². The number of hydrogen-bond donors (Lipinski definition) is 1. The minimum atomic E-state index is -1.20. The van der Waals surface area contributed by atoms with Gasteiger partial charge in [-0.05, 0) is 32.3 Å². The molecule has 0 aromatic heterocycles. The van der Waals surface area contributed by atoms with Crippen LogP contribution in [-0.4, -0.2) is 92.4 Å². The normalized spacial score (nSPS) is 29.8. The second-order valence-corrected chi connectivity index (χ2v) is 12.1. The van der Waals surface area contributed by atoms with Gasteiger partial charge in [-0.2, -0.15) is 0 Å². The molecule has 212 valence electrons. The van der Waals surface area contributed by atoms with Gasteiger partial charge in [-0.1, -0.05) is 65.3 Å². The second kappa shape index (κ2) is 11.9. The number of aliphatic hydroxyl groups is 1. The minimum absolute atomic E-state index is 0.157. The number of likely N-dealkylation sites (tertiary alicyclic amines) is 1. The number of benzene rings is 1. The van der Waals surface area contributed by atoms with Crippen molar-refractivity contribution in [2.45, 2.75) is 68.3 Å². The fourth-order valence-electron chi connectivity index (χ4n) is 6.77. The summed E-state index contributed by atoms with van der Waals surface area (Å²) >= 11 is 3.74. The molecule has 3 aliphatic rings. The van der Waals surface area contributed by atoms with Crippen LogP contribution in [0.1, 0.15) is 45.2 Å². The standard InChI is InChI=1S/C30H40BrN3O5/c1-6-14-32(15-7-2)27(36)23-24-28(37)34(22(18-35)20-12-10-9-11-13-20)26(29(38)33(16-8-3)19(4)5)30(24)17-21(31)25(23)39-30/h6,8-13,19,21-26,35H,1,3,7,14-18H2,2,4-5H3/t21?,22-,23+,24+,25+,26?,30?/m1/s1. The van der Waals surface area contributed by atoms with Crippen molar-refractivity contribution in [1.82, 2.24) is 14.7 Å². The zero-order valence-electron chi connectivity index (χ0n) is 23.0. The molecule has 0 saturated carbocycles. The average molecular weight is 603 g/mol. The van der Waals surface area contributed by atoms with E-state index < -0.39 is 35.6 Å². The van der Waals surface area contributed by atoms with Crippen molar-refractivity contribution < 1.29 is 24.2 Å². The number of aliphatic hydroxyl groups excluding tert-OH is 1. The number of hydrogen-bond acceptors (Lipinski definition) is 5. The van der Waals surface area contributed by atoms with Crippen molar-refractivity contribution >= 4 is 33.7 Å². The molecule has 7 atom stereocenters. The molecule has 1 spiro atoms. The minimum Gasteiger partial charge on any atom is -0.394 e. The molecule has 3 unspecified atom stereocenters. The van der Waals surface area contributed by atoms with Crippen LogP contribution in [0.2, 0.25) is 0 Å². The van der Waals surface area contributed by atoms with Crippen molar-refractivity contribution in [3.63, 3.8) is 0 Å². The van der Waals surface area contributed by atoms with Gasteiger partial charge in [0.25, 0.3) is 0 Å². The van der Waals surface area contributed by atoms with Gasteiger partial charge in [0, 0.05) is 30.5 Å². The Labute approximate surface area is 239 Å². The number of fused-ring (bicyclic) bond motifs is 1. The summed E-state index contributed by atoms with van der Waals surface area (Å²) in [5, 5.41) is 10.6. The Bertz CT molecular complexity index is 1100. The Morgan fingerprint density at radius 2 is 1.87 bits per heavy atom. The summed E-state index contributed by atoms with van der Waals surface area (Å²) in [6.45, 7) is 14.3. The molecule has 3 amide bonds. The van der Waals surface area contributed by atoms with E-state index in [9.17, 15) is 19.5 Å². The van der Waals surface area contributed by atoms with Gasteiger partial charge < -0.3 is 24.5 Å². The highest BCUT2D eigenvalue weighted by Crippen LogP contribution is 2.61. The Hall–Kier alpha value is -2.49. The Balaban J connectivity index is 1.87. The largest absolute Gasteiger partial charge is 0.394 e. The van der Waals surface area contributed by atoms with E-state index in [1.165, 1.54) is 4.90 Å². The van der Waals surface area contributed by atoms with E-state index in [1.807, 2.05) is 51.1 Å². The number of carbonyl (C=O) groups is 3. The third-order valence-electron chi connectivity index (χ3n) is 8.33. The molecule has 3 aliphatic heterocycles. The number of alkyl halides is 1. The van der Waals surface area contributed by atoms with Crippen molar-refractivity contribution in [3.8, 4) is 0 Å². The molecule has 3 saturated heterocycles. The van der Waals surface area contributed by atoms with Crippen molar-refractivity contribution in [2.24, 2.45) is 11.8 Å². The van der Waals surface area contributed by atoms with Crippen molar-refractivity contribution in [3.05, 3.63) is 61.2 Å². The summed E-state index contributed by atoms with van der Waals surface area (Å²) in [6, 6.07) is 7.30. The van der Waals surface area contributed by atoms with Gasteiger partial charge in [0.1, 0.15) is 11.6 Å². The Morgan fingerprint density at radius 1 is 1.21 bits per heavy atom. The summed E-state index contributed by atoms with van der Waals surface area (Å²) < 4.78 is 6.67. The van der Waals surface area contributed by atoms with Crippen LogP contribution in [0.25, 0.3) is 0 Å². The third-order valence-corrected chi connectivity index (χ3v) is 9.17. The molecular weight excluding hydrogens is 562 g/mol. The van der Waals surface area contributed by atoms with E-state index in [2.05, 4.69) is 29.1 Å². The molecule has 0 aliphatic carbocycles. The van der Waals surface area contributed by atoms with Crippen LogP contribution in [0.3, 0.4) is 0 Å². The highest BCUT2D eigenvalue weighted by Gasteiger charge is 2.77. The SMILES string of the molecule is C=CCN(CCC)C(=O)[C@H]1[C@H]2C(=O)N([C@H](CO)c3ccccc3)C(C(=O)N(CC=C)C(C)C)C23CC(Br)[C@@H]1O3. The molecule has 39 heavy (non-hydrogen) atoms. The lowest BCUT2D eigenvalue weighted by Crippen LogP contribution is -2.58. The summed E-state index contributed by atoms with van der Waals surface area (Å²) in [6.07, 6.45) is 3.99. The van der Waals surface area contributed by atoms with E-state index in [1.54, 1.807) is 22.0 Å². The van der Waals surface area contributed by atoms with Gasteiger partial charge in [0.15, 0.2) is 0 Å². The lowest BCUT2D eigenvalue weighted by molar-refractivity contribution is -0.153. The predicted octanol–water partition coefficient (Wildman–Crippen LogP) is 3.32. The Morgan fingerprint density at radius 3 is 2.44 bits per heavy atom. The molecular formula is C30H40BrN3O5. The molecule has 8 nitrogen and oxygen atoms in total. The first-order chi connectivity index (χ1) is 18.7. The molecule has 3 fully saturated rings. The molecule has 0 radical (unpaired) electrons. The first-order valence-corrected chi connectivity index (χ1v) is 14.7. The third kappa shape index (κ3) is 4.87. The molecule has 2 bridgehead atoms. The van der Waals surface area contributed by atoms with Crippen LogP contribution in [0.5, 0.6) is 0 Å². The average Bonchev–Trinajstić information content (AvgIpc) is 3.51. The summed E-state index contributed by atoms with van der Waals surface area (Å²) in [5.41, 5.74) is -0.481. The maximum atomic E-state index is 14.5. The highest BCUT2D eigenvalue weighted by atomic mass is 79.9. The van der Waals surface area contributed by atoms with Crippen LogP contribution in [0, 0.1) is 11.8 Å². The molecule has 4 rings (SSSR count). The van der Waals surface area contributed by atoms with E-state index in [-0.39, 0.29) is 35.2 Å². The van der Waals surface area contributed by atoms with Gasteiger partial charge in [-0.3, -0.25) is 14.4 Å². The van der Waals surface area contributed by atoms with Crippen LogP contribution < -0.4 is 0 Å². The van der Waals surface area contributed by atoms with Gasteiger partial charge in [0.05, 0.1) is 30.6 Å². The van der Waals surface area contributed by atoms with E-state index in [4.69, 9.17) is 4.74 Å². The molecule has 1 aromatic rings. The van der Waals surface area contributed by atoms with Crippen molar-refractivity contribution in [2.75, 3.05) is 26.2 Å². The zero-order chi connectivity index (χ0) is 28.5. The van der Waals surface area contributed by atoms with Crippen LogP contribution in [-0.2, 0) is 19.1 Å². The highest BCUT2D eigenvalue weighted by molar-refractivity contribution is 9.09. The monoisotopic (exact) mass is 601 g/mol. The van der Waals surface area contributed by atoms with E-state index in [0.717, 1.165) is 12.0 Å². The van der Waals surface area contributed by atoms with Crippen LogP contribution in [0.4, 0.5) is 0 Å². The Kier molecular flexibility index (Phi) is 9.03. The van der Waals surface area contributed by atoms with Gasteiger partial charge in [-0.15, -0.1) is 13.2 Å². The topological polar surface area (TPSA) is 90.4 Å². The van der Waals surface area contributed by atoms with Gasteiger partial charge >= 0.3 is 0 Å². The summed E-state index contributed by atoms with van der Waals surface area (Å²) in [7, 11) is 0. The first kappa shape index (κ1) is 29.5. The molecule has 9 heteroatoms.